The number of aryl methyl sites for hydroxylation is 1. The van der Waals surface area contributed by atoms with Gasteiger partial charge in [0.2, 0.25) is 5.82 Å². The Balaban J connectivity index is 2.38. The fraction of sp³-hybridized carbons (Fsp3) is 0.417. The highest BCUT2D eigenvalue weighted by molar-refractivity contribution is 7.80. The van der Waals surface area contributed by atoms with Crippen LogP contribution in [0.15, 0.2) is 12.1 Å². The standard InChI is InChI=1S/C12H16ClN5O2S/c1-2-3-4-5-8-6-10(13)11(16-21(19)20)7-9(8)12-14-17-18-15-12/h6-7,16H,2-5H2,1H3,(H,19,20)(H,14,15,17,18)/p-1. The molecular formula is C12H15ClN5O2S-. The number of halogens is 1. The van der Waals surface area contributed by atoms with Gasteiger partial charge in [0.05, 0.1) is 10.7 Å². The van der Waals surface area contributed by atoms with Crippen LogP contribution in [-0.2, 0) is 17.7 Å². The number of unbranched alkanes of at least 4 members (excludes halogenated alkanes) is 2. The molecule has 9 heteroatoms. The molecule has 0 fully saturated rings. The lowest BCUT2D eigenvalue weighted by atomic mass is 10.00. The third-order valence-corrected chi connectivity index (χ3v) is 3.72. The molecule has 0 radical (unpaired) electrons. The number of anilines is 1. The molecule has 0 spiro atoms. The van der Waals surface area contributed by atoms with Crippen molar-refractivity contribution >= 4 is 28.6 Å². The first-order valence-electron chi connectivity index (χ1n) is 6.54. The van der Waals surface area contributed by atoms with Crippen molar-refractivity contribution in [2.45, 2.75) is 32.6 Å². The first-order valence-corrected chi connectivity index (χ1v) is 7.99. The van der Waals surface area contributed by atoms with Crippen LogP contribution in [0.3, 0.4) is 0 Å². The Morgan fingerprint density at radius 2 is 2.24 bits per heavy atom. The van der Waals surface area contributed by atoms with Crippen molar-refractivity contribution in [1.82, 2.24) is 20.6 Å². The Morgan fingerprint density at radius 3 is 2.86 bits per heavy atom. The zero-order valence-electron chi connectivity index (χ0n) is 11.4. The molecule has 0 saturated carbocycles. The third-order valence-electron chi connectivity index (χ3n) is 3.02. The van der Waals surface area contributed by atoms with E-state index < -0.39 is 11.3 Å². The van der Waals surface area contributed by atoms with E-state index in [1.165, 1.54) is 0 Å². The SMILES string of the molecule is CCCCCc1cc(Cl)c(NS(=O)[O-])cc1-c1nn[nH]n1. The van der Waals surface area contributed by atoms with Crippen molar-refractivity contribution in [2.24, 2.45) is 0 Å². The van der Waals surface area contributed by atoms with Gasteiger partial charge in [-0.15, -0.1) is 10.2 Å². The van der Waals surface area contributed by atoms with Gasteiger partial charge in [-0.1, -0.05) is 31.4 Å². The summed E-state index contributed by atoms with van der Waals surface area (Å²) < 4.78 is 23.9. The molecule has 7 nitrogen and oxygen atoms in total. The molecule has 114 valence electrons. The number of aromatic nitrogens is 4. The van der Waals surface area contributed by atoms with Gasteiger partial charge in [-0.3, -0.25) is 4.21 Å². The molecular weight excluding hydrogens is 314 g/mol. The molecule has 0 aliphatic carbocycles. The Morgan fingerprint density at radius 1 is 1.43 bits per heavy atom. The van der Waals surface area contributed by atoms with Crippen LogP contribution in [-0.4, -0.2) is 29.4 Å². The summed E-state index contributed by atoms with van der Waals surface area (Å²) in [5.74, 6) is 0.415. The van der Waals surface area contributed by atoms with Crippen molar-refractivity contribution in [1.29, 1.82) is 0 Å². The lowest BCUT2D eigenvalue weighted by molar-refractivity contribution is 0.542. The molecule has 2 N–H and O–H groups in total. The van der Waals surface area contributed by atoms with Crippen LogP contribution >= 0.6 is 11.6 Å². The number of nitrogens with zero attached hydrogens (tertiary/aromatic N) is 3. The molecule has 1 heterocycles. The predicted octanol–water partition coefficient (Wildman–Crippen LogP) is 2.46. The maximum absolute atomic E-state index is 10.8. The number of hydrogen-bond acceptors (Lipinski definition) is 5. The van der Waals surface area contributed by atoms with E-state index in [4.69, 9.17) is 11.6 Å². The summed E-state index contributed by atoms with van der Waals surface area (Å²) >= 11 is 3.68. The largest absolute Gasteiger partial charge is 0.755 e. The van der Waals surface area contributed by atoms with E-state index in [1.807, 2.05) is 0 Å². The molecule has 1 aromatic carbocycles. The second-order valence-electron chi connectivity index (χ2n) is 4.52. The second-order valence-corrected chi connectivity index (χ2v) is 5.60. The van der Waals surface area contributed by atoms with E-state index in [2.05, 4.69) is 32.3 Å². The first-order chi connectivity index (χ1) is 10.1. The summed E-state index contributed by atoms with van der Waals surface area (Å²) in [7, 11) is 0. The van der Waals surface area contributed by atoms with E-state index in [1.54, 1.807) is 12.1 Å². The summed E-state index contributed by atoms with van der Waals surface area (Å²) in [5, 5.41) is 14.2. The molecule has 0 saturated heterocycles. The molecule has 2 rings (SSSR count). The number of tetrazole rings is 1. The highest BCUT2D eigenvalue weighted by Gasteiger charge is 2.13. The van der Waals surface area contributed by atoms with Crippen LogP contribution in [0.5, 0.6) is 0 Å². The normalized spacial score (nSPS) is 12.3. The van der Waals surface area contributed by atoms with Gasteiger partial charge in [-0.2, -0.15) is 5.21 Å². The van der Waals surface area contributed by atoms with Crippen LogP contribution in [0.4, 0.5) is 5.69 Å². The summed E-state index contributed by atoms with van der Waals surface area (Å²) in [6.45, 7) is 2.13. The maximum atomic E-state index is 10.8. The maximum Gasteiger partial charge on any atom is 0.205 e. The van der Waals surface area contributed by atoms with Crippen molar-refractivity contribution in [2.75, 3.05) is 4.72 Å². The predicted molar refractivity (Wildman–Crippen MR) is 80.4 cm³/mol. The molecule has 0 aliphatic rings. The minimum absolute atomic E-state index is 0.295. The lowest BCUT2D eigenvalue weighted by Crippen LogP contribution is -2.04. The number of aromatic amines is 1. The summed E-state index contributed by atoms with van der Waals surface area (Å²) in [5.41, 5.74) is 1.98. The van der Waals surface area contributed by atoms with Crippen LogP contribution in [0.1, 0.15) is 31.7 Å². The summed E-state index contributed by atoms with van der Waals surface area (Å²) in [4.78, 5) is 0. The Kier molecular flexibility index (Phi) is 5.66. The van der Waals surface area contributed by atoms with Gasteiger partial charge in [0.15, 0.2) is 0 Å². The summed E-state index contributed by atoms with van der Waals surface area (Å²) in [6.07, 6.45) is 4.05. The number of hydrogen-bond donors (Lipinski definition) is 2. The van der Waals surface area contributed by atoms with Gasteiger partial charge < -0.3 is 9.27 Å². The smallest absolute Gasteiger partial charge is 0.205 e. The van der Waals surface area contributed by atoms with Crippen molar-refractivity contribution in [3.63, 3.8) is 0 Å². The van der Waals surface area contributed by atoms with E-state index >= 15 is 0 Å². The Hall–Kier alpha value is -1.51. The fourth-order valence-electron chi connectivity index (χ4n) is 2.04. The molecule has 0 bridgehead atoms. The zero-order valence-corrected chi connectivity index (χ0v) is 13.0. The molecule has 1 aromatic heterocycles. The lowest BCUT2D eigenvalue weighted by Gasteiger charge is -2.14. The van der Waals surface area contributed by atoms with Gasteiger partial charge >= 0.3 is 0 Å². The van der Waals surface area contributed by atoms with E-state index in [9.17, 15) is 8.76 Å². The van der Waals surface area contributed by atoms with Gasteiger partial charge in [-0.05, 0) is 35.8 Å². The van der Waals surface area contributed by atoms with Gasteiger partial charge in [0, 0.05) is 16.8 Å². The molecule has 1 atom stereocenters. The number of nitrogens with one attached hydrogen (secondary N) is 2. The monoisotopic (exact) mass is 328 g/mol. The van der Waals surface area contributed by atoms with Crippen LogP contribution in [0, 0.1) is 0 Å². The topological polar surface area (TPSA) is 107 Å². The molecule has 21 heavy (non-hydrogen) atoms. The highest BCUT2D eigenvalue weighted by atomic mass is 35.5. The number of H-pyrrole nitrogens is 1. The summed E-state index contributed by atoms with van der Waals surface area (Å²) in [6, 6.07) is 3.38. The molecule has 2 aromatic rings. The molecule has 0 amide bonds. The second kappa shape index (κ2) is 7.48. The van der Waals surface area contributed by atoms with E-state index in [0.29, 0.717) is 16.5 Å². The minimum Gasteiger partial charge on any atom is -0.755 e. The Bertz CT molecular complexity index is 620. The first kappa shape index (κ1) is 15.9. The number of benzene rings is 1. The molecule has 0 aliphatic heterocycles. The molecule has 1 unspecified atom stereocenters. The minimum atomic E-state index is -2.44. The van der Waals surface area contributed by atoms with Gasteiger partial charge in [0.25, 0.3) is 0 Å². The van der Waals surface area contributed by atoms with E-state index in [0.717, 1.165) is 36.8 Å². The van der Waals surface area contributed by atoms with Gasteiger partial charge in [0.1, 0.15) is 0 Å². The highest BCUT2D eigenvalue weighted by Crippen LogP contribution is 2.32. The van der Waals surface area contributed by atoms with Crippen molar-refractivity contribution in [3.8, 4) is 11.4 Å². The van der Waals surface area contributed by atoms with E-state index in [-0.39, 0.29) is 0 Å². The average Bonchev–Trinajstić information content (AvgIpc) is 2.95. The van der Waals surface area contributed by atoms with Crippen LogP contribution < -0.4 is 4.72 Å². The Labute approximate surface area is 129 Å². The third kappa shape index (κ3) is 4.23. The quantitative estimate of drug-likeness (QED) is 0.599. The van der Waals surface area contributed by atoms with Crippen molar-refractivity contribution in [3.05, 3.63) is 22.7 Å². The average molecular weight is 329 g/mol. The van der Waals surface area contributed by atoms with Crippen molar-refractivity contribution < 1.29 is 8.76 Å². The number of rotatable bonds is 7. The van der Waals surface area contributed by atoms with Crippen LogP contribution in [0.2, 0.25) is 5.02 Å². The van der Waals surface area contributed by atoms with Crippen LogP contribution in [0.25, 0.3) is 11.4 Å². The zero-order chi connectivity index (χ0) is 15.2. The van der Waals surface area contributed by atoms with Gasteiger partial charge in [-0.25, -0.2) is 0 Å². The fourth-order valence-corrected chi connectivity index (χ4v) is 2.68.